The van der Waals surface area contributed by atoms with Crippen LogP contribution in [0.4, 0.5) is 0 Å². The van der Waals surface area contributed by atoms with Gasteiger partial charge in [0.2, 0.25) is 0 Å². The number of rotatable bonds is 4. The first-order valence-electron chi connectivity index (χ1n) is 8.27. The molecule has 0 aromatic carbocycles. The van der Waals surface area contributed by atoms with Gasteiger partial charge in [0, 0.05) is 43.6 Å². The maximum Gasteiger partial charge on any atom is 0.110 e. The summed E-state index contributed by atoms with van der Waals surface area (Å²) in [5, 5.41) is 4.38. The number of likely N-dealkylation sites (tertiary alicyclic amines) is 1. The van der Waals surface area contributed by atoms with Crippen LogP contribution >= 0.6 is 0 Å². The lowest BCUT2D eigenvalue weighted by Crippen LogP contribution is -2.39. The van der Waals surface area contributed by atoms with Gasteiger partial charge in [-0.05, 0) is 46.2 Å². The summed E-state index contributed by atoms with van der Waals surface area (Å²) in [5.41, 5.74) is 3.20. The summed E-state index contributed by atoms with van der Waals surface area (Å²) in [7, 11) is 0. The third-order valence-corrected chi connectivity index (χ3v) is 4.56. The van der Waals surface area contributed by atoms with E-state index in [2.05, 4.69) is 35.8 Å². The lowest BCUT2D eigenvalue weighted by atomic mass is 9.92. The molecule has 0 unspecified atom stereocenters. The zero-order valence-electron chi connectivity index (χ0n) is 13.7. The van der Waals surface area contributed by atoms with Crippen LogP contribution in [0.5, 0.6) is 0 Å². The van der Waals surface area contributed by atoms with Crippen LogP contribution in [0, 0.1) is 0 Å². The van der Waals surface area contributed by atoms with Crippen molar-refractivity contribution in [1.29, 1.82) is 0 Å². The number of hydrogen-bond acceptors (Lipinski definition) is 4. The Morgan fingerprint density at radius 2 is 2.05 bits per heavy atom. The fraction of sp³-hybridized carbons (Fsp3) is 0.588. The molecule has 0 N–H and O–H groups in total. The molecule has 5 heteroatoms. The van der Waals surface area contributed by atoms with Gasteiger partial charge in [-0.25, -0.2) is 0 Å². The van der Waals surface area contributed by atoms with Crippen molar-refractivity contribution in [2.75, 3.05) is 13.1 Å². The highest BCUT2D eigenvalue weighted by molar-refractivity contribution is 5.57. The van der Waals surface area contributed by atoms with E-state index < -0.39 is 0 Å². The Balaban J connectivity index is 1.95. The van der Waals surface area contributed by atoms with Crippen LogP contribution in [0.2, 0.25) is 0 Å². The molecule has 2 aromatic heterocycles. The van der Waals surface area contributed by atoms with E-state index in [1.54, 1.807) is 6.20 Å². The molecule has 22 heavy (non-hydrogen) atoms. The van der Waals surface area contributed by atoms with Crippen molar-refractivity contribution in [1.82, 2.24) is 24.6 Å². The molecular weight excluding hydrogens is 274 g/mol. The molecule has 0 spiro atoms. The Morgan fingerprint density at radius 1 is 1.23 bits per heavy atom. The third-order valence-electron chi connectivity index (χ3n) is 4.56. The molecule has 1 aliphatic rings. The minimum atomic E-state index is 0.458. The topological polar surface area (TPSA) is 46.8 Å². The molecule has 1 aliphatic heterocycles. The monoisotopic (exact) mass is 299 g/mol. The first-order valence-corrected chi connectivity index (χ1v) is 8.27. The van der Waals surface area contributed by atoms with Gasteiger partial charge in [0.05, 0.1) is 11.4 Å². The Bertz CT molecular complexity index is 619. The van der Waals surface area contributed by atoms with Gasteiger partial charge in [0.15, 0.2) is 0 Å². The van der Waals surface area contributed by atoms with E-state index in [9.17, 15) is 0 Å². The van der Waals surface area contributed by atoms with Crippen molar-refractivity contribution in [2.45, 2.75) is 52.1 Å². The zero-order valence-corrected chi connectivity index (χ0v) is 13.7. The fourth-order valence-electron chi connectivity index (χ4n) is 3.33. The summed E-state index contributed by atoms with van der Waals surface area (Å²) < 4.78 is 2.00. The smallest absolute Gasteiger partial charge is 0.110 e. The lowest BCUT2D eigenvalue weighted by Gasteiger charge is -2.35. The summed E-state index contributed by atoms with van der Waals surface area (Å²) in [4.78, 5) is 11.9. The number of nitrogens with zero attached hydrogens (tertiary/aromatic N) is 5. The molecule has 1 saturated heterocycles. The fourth-order valence-corrected chi connectivity index (χ4v) is 3.33. The Morgan fingerprint density at radius 3 is 2.82 bits per heavy atom. The van der Waals surface area contributed by atoms with E-state index in [-0.39, 0.29) is 0 Å². The van der Waals surface area contributed by atoms with E-state index in [1.165, 1.54) is 19.4 Å². The molecule has 118 valence electrons. The first kappa shape index (κ1) is 15.2. The predicted molar refractivity (Wildman–Crippen MR) is 87.6 cm³/mol. The van der Waals surface area contributed by atoms with Crippen molar-refractivity contribution in [3.8, 4) is 11.4 Å². The summed E-state index contributed by atoms with van der Waals surface area (Å²) in [5.74, 6) is 0.458. The molecule has 2 aromatic rings. The van der Waals surface area contributed by atoms with Crippen LogP contribution in [0.1, 0.15) is 45.2 Å². The van der Waals surface area contributed by atoms with E-state index in [4.69, 9.17) is 4.98 Å². The van der Waals surface area contributed by atoms with Crippen LogP contribution in [-0.2, 0) is 6.54 Å². The summed E-state index contributed by atoms with van der Waals surface area (Å²) >= 11 is 0. The summed E-state index contributed by atoms with van der Waals surface area (Å²) in [6, 6.07) is 2.63. The van der Waals surface area contributed by atoms with Crippen molar-refractivity contribution < 1.29 is 0 Å². The second-order valence-corrected chi connectivity index (χ2v) is 6.25. The van der Waals surface area contributed by atoms with Crippen molar-refractivity contribution in [3.63, 3.8) is 0 Å². The predicted octanol–water partition coefficient (Wildman–Crippen LogP) is 2.95. The molecule has 0 radical (unpaired) electrons. The van der Waals surface area contributed by atoms with Crippen molar-refractivity contribution in [3.05, 3.63) is 30.4 Å². The quantitative estimate of drug-likeness (QED) is 0.871. The molecule has 0 saturated carbocycles. The minimum absolute atomic E-state index is 0.458. The Kier molecular flexibility index (Phi) is 4.52. The van der Waals surface area contributed by atoms with Gasteiger partial charge in [0.25, 0.3) is 0 Å². The molecule has 1 atom stereocenters. The highest BCUT2D eigenvalue weighted by Gasteiger charge is 2.27. The van der Waals surface area contributed by atoms with Crippen LogP contribution in [0.15, 0.2) is 24.7 Å². The maximum absolute atomic E-state index is 4.70. The van der Waals surface area contributed by atoms with Gasteiger partial charge in [-0.1, -0.05) is 0 Å². The van der Waals surface area contributed by atoms with Gasteiger partial charge in [-0.2, -0.15) is 5.10 Å². The van der Waals surface area contributed by atoms with Crippen LogP contribution < -0.4 is 0 Å². The average molecular weight is 299 g/mol. The third kappa shape index (κ3) is 2.90. The largest absolute Gasteiger partial charge is 0.300 e. The van der Waals surface area contributed by atoms with Crippen molar-refractivity contribution >= 4 is 0 Å². The molecular formula is C17H25N5. The molecule has 0 amide bonds. The van der Waals surface area contributed by atoms with E-state index in [1.807, 2.05) is 23.1 Å². The SMILES string of the molecule is CCn1nccc1-c1nccnc1[C@@H]1CCCN(C(C)C)C1. The number of piperidine rings is 1. The molecule has 1 fully saturated rings. The van der Waals surface area contributed by atoms with E-state index >= 15 is 0 Å². The van der Waals surface area contributed by atoms with Crippen LogP contribution in [-0.4, -0.2) is 43.8 Å². The summed E-state index contributed by atoms with van der Waals surface area (Å²) in [6.45, 7) is 9.76. The second-order valence-electron chi connectivity index (χ2n) is 6.25. The molecule has 5 nitrogen and oxygen atoms in total. The standard InChI is InChI=1S/C17H25N5/c1-4-22-15(7-8-20-22)17-16(18-9-10-19-17)14-6-5-11-21(12-14)13(2)3/h7-10,13-14H,4-6,11-12H2,1-3H3/t14-/m1/s1. The normalized spacial score (nSPS) is 19.7. The molecule has 0 bridgehead atoms. The van der Waals surface area contributed by atoms with E-state index in [0.29, 0.717) is 12.0 Å². The highest BCUT2D eigenvalue weighted by atomic mass is 15.3. The van der Waals surface area contributed by atoms with E-state index in [0.717, 1.165) is 30.2 Å². The number of hydrogen-bond donors (Lipinski definition) is 0. The van der Waals surface area contributed by atoms with Crippen molar-refractivity contribution in [2.24, 2.45) is 0 Å². The van der Waals surface area contributed by atoms with Crippen LogP contribution in [0.3, 0.4) is 0 Å². The zero-order chi connectivity index (χ0) is 15.5. The van der Waals surface area contributed by atoms with Gasteiger partial charge < -0.3 is 4.90 Å². The minimum Gasteiger partial charge on any atom is -0.300 e. The number of aryl methyl sites for hydroxylation is 1. The van der Waals surface area contributed by atoms with Gasteiger partial charge in [-0.3, -0.25) is 14.6 Å². The van der Waals surface area contributed by atoms with Gasteiger partial charge in [0.1, 0.15) is 5.69 Å². The lowest BCUT2D eigenvalue weighted by molar-refractivity contribution is 0.166. The average Bonchev–Trinajstić information content (AvgIpc) is 3.03. The van der Waals surface area contributed by atoms with Gasteiger partial charge >= 0.3 is 0 Å². The maximum atomic E-state index is 4.70. The van der Waals surface area contributed by atoms with Gasteiger partial charge in [-0.15, -0.1) is 0 Å². The molecule has 3 heterocycles. The molecule has 0 aliphatic carbocycles. The highest BCUT2D eigenvalue weighted by Crippen LogP contribution is 2.32. The Hall–Kier alpha value is -1.75. The number of aromatic nitrogens is 4. The Labute approximate surface area is 132 Å². The summed E-state index contributed by atoms with van der Waals surface area (Å²) in [6.07, 6.45) is 7.87. The van der Waals surface area contributed by atoms with Crippen LogP contribution in [0.25, 0.3) is 11.4 Å². The first-order chi connectivity index (χ1) is 10.7. The second kappa shape index (κ2) is 6.57. The molecule has 3 rings (SSSR count).